The molecule has 12 heavy (non-hydrogen) atoms. The molecule has 0 aliphatic carbocycles. The van der Waals surface area contributed by atoms with Gasteiger partial charge in [0.1, 0.15) is 5.52 Å². The topological polar surface area (TPSA) is 47.9 Å². The summed E-state index contributed by atoms with van der Waals surface area (Å²) in [6.07, 6.45) is 3.24. The number of aromatic nitrogens is 3. The van der Waals surface area contributed by atoms with Crippen molar-refractivity contribution in [2.75, 3.05) is 7.11 Å². The molecule has 2 heterocycles. The quantitative estimate of drug-likeness (QED) is 0.626. The molecule has 0 fully saturated rings. The Morgan fingerprint density at radius 3 is 2.83 bits per heavy atom. The monoisotopic (exact) mass is 161 g/mol. The van der Waals surface area contributed by atoms with Crippen LogP contribution in [0.3, 0.4) is 0 Å². The third kappa shape index (κ3) is 1.07. The predicted molar refractivity (Wildman–Crippen MR) is 43.9 cm³/mol. The lowest BCUT2D eigenvalue weighted by molar-refractivity contribution is 0.399. The van der Waals surface area contributed by atoms with Crippen LogP contribution in [0.15, 0.2) is 24.5 Å². The number of methoxy groups -OCH3 is 1. The summed E-state index contributed by atoms with van der Waals surface area (Å²) >= 11 is 0. The third-order valence-electron chi connectivity index (χ3n) is 1.52. The summed E-state index contributed by atoms with van der Waals surface area (Å²) < 4.78 is 4.94. The van der Waals surface area contributed by atoms with E-state index in [2.05, 4.69) is 15.0 Å². The van der Waals surface area contributed by atoms with Gasteiger partial charge in [-0.2, -0.15) is 4.98 Å². The molecule has 4 nitrogen and oxygen atoms in total. The van der Waals surface area contributed by atoms with Gasteiger partial charge in [-0.3, -0.25) is 4.98 Å². The fraction of sp³-hybridized carbons (Fsp3) is 0.125. The minimum Gasteiger partial charge on any atom is -0.481 e. The molecule has 0 aromatic carbocycles. The first kappa shape index (κ1) is 6.97. The van der Waals surface area contributed by atoms with Crippen molar-refractivity contribution in [3.05, 3.63) is 24.5 Å². The fourth-order valence-electron chi connectivity index (χ4n) is 0.951. The van der Waals surface area contributed by atoms with Gasteiger partial charge in [0.05, 0.1) is 7.11 Å². The average molecular weight is 161 g/mol. The maximum Gasteiger partial charge on any atom is 0.215 e. The SMILES string of the molecule is COc1ccc2nccnc2n1. The molecule has 0 amide bonds. The van der Waals surface area contributed by atoms with E-state index in [1.165, 1.54) is 0 Å². The van der Waals surface area contributed by atoms with Crippen LogP contribution in [0.4, 0.5) is 0 Å². The number of hydrogen-bond acceptors (Lipinski definition) is 4. The minimum atomic E-state index is 0.558. The van der Waals surface area contributed by atoms with Crippen molar-refractivity contribution >= 4 is 11.2 Å². The van der Waals surface area contributed by atoms with E-state index in [0.29, 0.717) is 11.5 Å². The molecule has 0 unspecified atom stereocenters. The molecule has 0 saturated heterocycles. The predicted octanol–water partition coefficient (Wildman–Crippen LogP) is 1.03. The van der Waals surface area contributed by atoms with Crippen LogP contribution < -0.4 is 4.74 Å². The van der Waals surface area contributed by atoms with Gasteiger partial charge in [0.2, 0.25) is 5.88 Å². The van der Waals surface area contributed by atoms with Crippen LogP contribution >= 0.6 is 0 Å². The van der Waals surface area contributed by atoms with Gasteiger partial charge in [0, 0.05) is 18.5 Å². The van der Waals surface area contributed by atoms with Crippen LogP contribution in [0.5, 0.6) is 5.88 Å². The zero-order chi connectivity index (χ0) is 8.39. The van der Waals surface area contributed by atoms with E-state index in [-0.39, 0.29) is 0 Å². The van der Waals surface area contributed by atoms with Gasteiger partial charge in [-0.1, -0.05) is 0 Å². The normalized spacial score (nSPS) is 10.1. The van der Waals surface area contributed by atoms with Crippen molar-refractivity contribution in [2.24, 2.45) is 0 Å². The van der Waals surface area contributed by atoms with Crippen molar-refractivity contribution in [1.29, 1.82) is 0 Å². The fourth-order valence-corrected chi connectivity index (χ4v) is 0.951. The first-order chi connectivity index (χ1) is 5.90. The summed E-state index contributed by atoms with van der Waals surface area (Å²) in [5.74, 6) is 0.558. The smallest absolute Gasteiger partial charge is 0.215 e. The van der Waals surface area contributed by atoms with Crippen molar-refractivity contribution in [1.82, 2.24) is 15.0 Å². The summed E-state index contributed by atoms with van der Waals surface area (Å²) in [7, 11) is 1.57. The van der Waals surface area contributed by atoms with E-state index >= 15 is 0 Å². The zero-order valence-corrected chi connectivity index (χ0v) is 6.56. The molecule has 0 spiro atoms. The number of rotatable bonds is 1. The first-order valence-electron chi connectivity index (χ1n) is 3.52. The van der Waals surface area contributed by atoms with Gasteiger partial charge in [-0.25, -0.2) is 4.98 Å². The molecular weight excluding hydrogens is 154 g/mol. The Bertz CT molecular complexity index is 402. The van der Waals surface area contributed by atoms with Crippen LogP contribution in [0.25, 0.3) is 11.2 Å². The molecule has 0 N–H and O–H groups in total. The standard InChI is InChI=1S/C8H7N3O/c1-12-7-3-2-6-8(11-7)10-5-4-9-6/h2-5H,1H3. The molecule has 0 atom stereocenters. The molecule has 0 saturated carbocycles. The molecule has 4 heteroatoms. The zero-order valence-electron chi connectivity index (χ0n) is 6.56. The summed E-state index contributed by atoms with van der Waals surface area (Å²) in [4.78, 5) is 12.2. The molecular formula is C8H7N3O. The average Bonchev–Trinajstić information content (AvgIpc) is 2.17. The lowest BCUT2D eigenvalue weighted by Crippen LogP contribution is -1.90. The second-order valence-electron chi connectivity index (χ2n) is 2.25. The molecule has 0 aliphatic heterocycles. The highest BCUT2D eigenvalue weighted by molar-refractivity contribution is 5.69. The molecule has 2 aromatic rings. The van der Waals surface area contributed by atoms with Crippen molar-refractivity contribution in [2.45, 2.75) is 0 Å². The Hall–Kier alpha value is -1.71. The van der Waals surface area contributed by atoms with Gasteiger partial charge in [-0.05, 0) is 6.07 Å². The minimum absolute atomic E-state index is 0.558. The molecule has 2 rings (SSSR count). The maximum atomic E-state index is 4.94. The third-order valence-corrected chi connectivity index (χ3v) is 1.52. The Morgan fingerprint density at radius 2 is 2.00 bits per heavy atom. The lowest BCUT2D eigenvalue weighted by atomic mass is 10.4. The van der Waals surface area contributed by atoms with E-state index in [0.717, 1.165) is 5.52 Å². The van der Waals surface area contributed by atoms with E-state index in [4.69, 9.17) is 4.74 Å². The largest absolute Gasteiger partial charge is 0.481 e. The summed E-state index contributed by atoms with van der Waals surface area (Å²) in [5, 5.41) is 0. The Labute approximate surface area is 69.3 Å². The van der Waals surface area contributed by atoms with E-state index in [1.807, 2.05) is 6.07 Å². The van der Waals surface area contributed by atoms with Crippen LogP contribution in [-0.4, -0.2) is 22.1 Å². The van der Waals surface area contributed by atoms with E-state index < -0.39 is 0 Å². The summed E-state index contributed by atoms with van der Waals surface area (Å²) in [6, 6.07) is 3.59. The van der Waals surface area contributed by atoms with Gasteiger partial charge in [-0.15, -0.1) is 0 Å². The highest BCUT2D eigenvalue weighted by Crippen LogP contribution is 2.10. The number of ether oxygens (including phenoxy) is 1. The number of nitrogens with zero attached hydrogens (tertiary/aromatic N) is 3. The number of pyridine rings is 1. The lowest BCUT2D eigenvalue weighted by Gasteiger charge is -1.98. The van der Waals surface area contributed by atoms with Crippen molar-refractivity contribution in [3.63, 3.8) is 0 Å². The maximum absolute atomic E-state index is 4.94. The van der Waals surface area contributed by atoms with Gasteiger partial charge < -0.3 is 4.74 Å². The van der Waals surface area contributed by atoms with Gasteiger partial charge in [0.25, 0.3) is 0 Å². The van der Waals surface area contributed by atoms with Gasteiger partial charge >= 0.3 is 0 Å². The Kier molecular flexibility index (Phi) is 1.59. The molecule has 60 valence electrons. The van der Waals surface area contributed by atoms with E-state index in [1.54, 1.807) is 25.6 Å². The number of hydrogen-bond donors (Lipinski definition) is 0. The van der Waals surface area contributed by atoms with E-state index in [9.17, 15) is 0 Å². The second-order valence-corrected chi connectivity index (χ2v) is 2.25. The highest BCUT2D eigenvalue weighted by Gasteiger charge is 1.97. The molecule has 0 aliphatic rings. The second kappa shape index (κ2) is 2.73. The summed E-state index contributed by atoms with van der Waals surface area (Å²) in [5.41, 5.74) is 1.38. The van der Waals surface area contributed by atoms with Crippen LogP contribution in [0, 0.1) is 0 Å². The van der Waals surface area contributed by atoms with Crippen LogP contribution in [0.2, 0.25) is 0 Å². The van der Waals surface area contributed by atoms with Crippen molar-refractivity contribution in [3.8, 4) is 5.88 Å². The molecule has 0 bridgehead atoms. The first-order valence-corrected chi connectivity index (χ1v) is 3.52. The summed E-state index contributed by atoms with van der Waals surface area (Å²) in [6.45, 7) is 0. The van der Waals surface area contributed by atoms with Crippen LogP contribution in [0.1, 0.15) is 0 Å². The molecule has 0 radical (unpaired) electrons. The Balaban J connectivity index is 2.67. The molecule has 2 aromatic heterocycles. The Morgan fingerprint density at radius 1 is 1.17 bits per heavy atom. The van der Waals surface area contributed by atoms with Crippen LogP contribution in [-0.2, 0) is 0 Å². The van der Waals surface area contributed by atoms with Gasteiger partial charge in [0.15, 0.2) is 5.65 Å². The van der Waals surface area contributed by atoms with Crippen molar-refractivity contribution < 1.29 is 4.74 Å². The highest BCUT2D eigenvalue weighted by atomic mass is 16.5. The number of fused-ring (bicyclic) bond motifs is 1.